The highest BCUT2D eigenvalue weighted by atomic mass is 35.5. The molecule has 0 saturated heterocycles. The molecule has 30 heavy (non-hydrogen) atoms. The summed E-state index contributed by atoms with van der Waals surface area (Å²) in [5, 5.41) is 29.2. The van der Waals surface area contributed by atoms with Gasteiger partial charge in [-0.15, -0.1) is 10.2 Å². The van der Waals surface area contributed by atoms with Gasteiger partial charge in [-0.25, -0.2) is 4.98 Å². The van der Waals surface area contributed by atoms with Crippen molar-refractivity contribution in [2.45, 2.75) is 6.10 Å². The minimum absolute atomic E-state index is 0.0729. The number of nitrogens with one attached hydrogen (secondary N) is 1. The molecule has 1 aromatic carbocycles. The molecular formula is C19H18ClN7O3. The van der Waals surface area contributed by atoms with Crippen LogP contribution >= 0.6 is 11.6 Å². The Morgan fingerprint density at radius 2 is 2.17 bits per heavy atom. The Morgan fingerprint density at radius 3 is 2.80 bits per heavy atom. The Bertz CT molecular complexity index is 1250. The Balaban J connectivity index is 2.06. The van der Waals surface area contributed by atoms with E-state index in [9.17, 15) is 10.4 Å². The second-order valence-corrected chi connectivity index (χ2v) is 6.91. The number of hydrogen-bond donors (Lipinski definition) is 2. The van der Waals surface area contributed by atoms with E-state index in [0.717, 1.165) is 5.39 Å². The largest absolute Gasteiger partial charge is 0.495 e. The molecule has 3 aromatic heterocycles. The van der Waals surface area contributed by atoms with Crippen LogP contribution in [0.3, 0.4) is 0 Å². The van der Waals surface area contributed by atoms with Gasteiger partial charge >= 0.3 is 0 Å². The molecule has 1 atom stereocenters. The minimum atomic E-state index is -0.952. The van der Waals surface area contributed by atoms with E-state index in [0.29, 0.717) is 28.5 Å². The van der Waals surface area contributed by atoms with Crippen molar-refractivity contribution in [2.75, 3.05) is 20.8 Å². The predicted molar refractivity (Wildman–Crippen MR) is 109 cm³/mol. The molecule has 0 aliphatic carbocycles. The molecule has 0 fully saturated rings. The van der Waals surface area contributed by atoms with Crippen LogP contribution in [-0.4, -0.2) is 55.2 Å². The van der Waals surface area contributed by atoms with E-state index in [4.69, 9.17) is 21.1 Å². The smallest absolute Gasteiger partial charge is 0.180 e. The van der Waals surface area contributed by atoms with Gasteiger partial charge in [-0.1, -0.05) is 11.6 Å². The van der Waals surface area contributed by atoms with E-state index in [-0.39, 0.29) is 23.0 Å². The first kappa shape index (κ1) is 19.9. The summed E-state index contributed by atoms with van der Waals surface area (Å²) in [5.74, 6) is 1.05. The number of aryl methyl sites for hydroxylation is 1. The van der Waals surface area contributed by atoms with E-state index < -0.39 is 6.10 Å². The Labute approximate surface area is 176 Å². The van der Waals surface area contributed by atoms with Gasteiger partial charge in [0, 0.05) is 31.9 Å². The molecule has 154 valence electrons. The fraction of sp³-hybridized carbons (Fsp3) is 0.263. The highest BCUT2D eigenvalue weighted by Crippen LogP contribution is 2.42. The average Bonchev–Trinajstić information content (AvgIpc) is 3.47. The number of nitriles is 1. The van der Waals surface area contributed by atoms with Crippen LogP contribution < -0.4 is 4.74 Å². The number of methoxy groups -OCH3 is 2. The van der Waals surface area contributed by atoms with E-state index >= 15 is 0 Å². The number of hydrogen-bond acceptors (Lipinski definition) is 7. The van der Waals surface area contributed by atoms with Crippen LogP contribution in [-0.2, 0) is 11.8 Å². The minimum Gasteiger partial charge on any atom is -0.495 e. The van der Waals surface area contributed by atoms with Crippen molar-refractivity contribution in [1.82, 2.24) is 29.3 Å². The number of aromatic amines is 1. The first-order chi connectivity index (χ1) is 14.5. The third-order valence-corrected chi connectivity index (χ3v) is 5.19. The standard InChI is InChI=1S/C19H18ClN7O3/c1-26-15-10(6-13(30-3)14(20)11(15)7-21)16(27-5-4-22-9-27)17(26)19-23-18(24-25-19)12(28)8-29-2/h4-6,9,12,28H,8H2,1-3H3,(H,23,24,25). The lowest BCUT2D eigenvalue weighted by atomic mass is 10.1. The van der Waals surface area contributed by atoms with Gasteiger partial charge in [0.15, 0.2) is 11.6 Å². The number of aliphatic hydroxyl groups excluding tert-OH is 1. The molecule has 4 aromatic rings. The fourth-order valence-corrected chi connectivity index (χ4v) is 3.76. The fourth-order valence-electron chi connectivity index (χ4n) is 3.49. The van der Waals surface area contributed by atoms with Gasteiger partial charge in [-0.3, -0.25) is 0 Å². The number of nitrogens with zero attached hydrogens (tertiary/aromatic N) is 6. The molecule has 10 nitrogen and oxygen atoms in total. The van der Waals surface area contributed by atoms with Gasteiger partial charge < -0.3 is 28.7 Å². The maximum absolute atomic E-state index is 10.2. The molecule has 2 N–H and O–H groups in total. The molecule has 0 radical (unpaired) electrons. The van der Waals surface area contributed by atoms with Crippen molar-refractivity contribution < 1.29 is 14.6 Å². The van der Waals surface area contributed by atoms with Crippen LogP contribution in [0.2, 0.25) is 5.02 Å². The third-order valence-electron chi connectivity index (χ3n) is 4.82. The number of halogens is 1. The molecule has 3 heterocycles. The normalized spacial score (nSPS) is 12.3. The Kier molecular flexibility index (Phi) is 5.17. The molecule has 0 saturated carbocycles. The van der Waals surface area contributed by atoms with E-state index in [2.05, 4.69) is 26.2 Å². The lowest BCUT2D eigenvalue weighted by molar-refractivity contribution is 0.0590. The van der Waals surface area contributed by atoms with Crippen LogP contribution in [0.25, 0.3) is 28.1 Å². The van der Waals surface area contributed by atoms with Crippen molar-refractivity contribution in [3.05, 3.63) is 41.2 Å². The molecule has 0 aliphatic heterocycles. The monoisotopic (exact) mass is 427 g/mol. The van der Waals surface area contributed by atoms with Crippen LogP contribution in [0.15, 0.2) is 24.8 Å². The summed E-state index contributed by atoms with van der Waals surface area (Å²) in [6, 6.07) is 3.94. The Morgan fingerprint density at radius 1 is 1.37 bits per heavy atom. The lowest BCUT2D eigenvalue weighted by Gasteiger charge is -2.07. The van der Waals surface area contributed by atoms with Gasteiger partial charge in [0.25, 0.3) is 0 Å². The van der Waals surface area contributed by atoms with Crippen molar-refractivity contribution >= 4 is 22.5 Å². The summed E-state index contributed by atoms with van der Waals surface area (Å²) < 4.78 is 14.0. The number of fused-ring (bicyclic) bond motifs is 1. The maximum atomic E-state index is 10.2. The summed E-state index contributed by atoms with van der Waals surface area (Å²) in [4.78, 5) is 7.18. The summed E-state index contributed by atoms with van der Waals surface area (Å²) in [6.07, 6.45) is 4.12. The molecule has 1 unspecified atom stereocenters. The molecule has 4 rings (SSSR count). The molecule has 11 heteroatoms. The summed E-state index contributed by atoms with van der Waals surface area (Å²) in [5.41, 5.74) is 2.23. The predicted octanol–water partition coefficient (Wildman–Crippen LogP) is 2.36. The summed E-state index contributed by atoms with van der Waals surface area (Å²) in [7, 11) is 4.78. The van der Waals surface area contributed by atoms with Crippen LogP contribution in [0, 0.1) is 11.3 Å². The van der Waals surface area contributed by atoms with Crippen LogP contribution in [0.1, 0.15) is 17.5 Å². The number of benzene rings is 1. The zero-order chi connectivity index (χ0) is 21.4. The summed E-state index contributed by atoms with van der Waals surface area (Å²) in [6.45, 7) is 0.0729. The molecule has 0 bridgehead atoms. The first-order valence-electron chi connectivity index (χ1n) is 8.89. The Hall–Kier alpha value is -3.39. The maximum Gasteiger partial charge on any atom is 0.180 e. The topological polar surface area (TPSA) is 127 Å². The number of aliphatic hydroxyl groups is 1. The quantitative estimate of drug-likeness (QED) is 0.483. The van der Waals surface area contributed by atoms with Gasteiger partial charge in [0.2, 0.25) is 0 Å². The number of aromatic nitrogens is 6. The molecule has 0 amide bonds. The average molecular weight is 428 g/mol. The SMILES string of the molecule is COCC(O)c1nnc(-c2c(-n3ccnc3)c3cc(OC)c(Cl)c(C#N)c3n2C)[nH]1. The second-order valence-electron chi connectivity index (χ2n) is 6.53. The molecule has 0 spiro atoms. The third kappa shape index (κ3) is 3.00. The van der Waals surface area contributed by atoms with E-state index in [1.54, 1.807) is 36.4 Å². The lowest BCUT2D eigenvalue weighted by Crippen LogP contribution is -2.07. The molecular weight excluding hydrogens is 410 g/mol. The van der Waals surface area contributed by atoms with Gasteiger partial charge in [-0.2, -0.15) is 5.26 Å². The van der Waals surface area contributed by atoms with Gasteiger partial charge in [-0.05, 0) is 6.07 Å². The number of rotatable bonds is 6. The second kappa shape index (κ2) is 7.79. The van der Waals surface area contributed by atoms with E-state index in [1.165, 1.54) is 14.2 Å². The van der Waals surface area contributed by atoms with Crippen molar-refractivity contribution in [1.29, 1.82) is 5.26 Å². The van der Waals surface area contributed by atoms with Gasteiger partial charge in [0.05, 0.1) is 36.8 Å². The van der Waals surface area contributed by atoms with Gasteiger partial charge in [0.1, 0.15) is 28.6 Å². The van der Waals surface area contributed by atoms with Crippen molar-refractivity contribution in [3.63, 3.8) is 0 Å². The summed E-state index contributed by atoms with van der Waals surface area (Å²) >= 11 is 6.41. The number of ether oxygens (including phenoxy) is 2. The van der Waals surface area contributed by atoms with Crippen molar-refractivity contribution in [2.24, 2.45) is 7.05 Å². The zero-order valence-corrected chi connectivity index (χ0v) is 17.2. The number of imidazole rings is 1. The van der Waals surface area contributed by atoms with E-state index in [1.807, 2.05) is 4.57 Å². The first-order valence-corrected chi connectivity index (χ1v) is 9.26. The highest BCUT2D eigenvalue weighted by Gasteiger charge is 2.26. The van der Waals surface area contributed by atoms with Crippen LogP contribution in [0.5, 0.6) is 5.75 Å². The van der Waals surface area contributed by atoms with Crippen LogP contribution in [0.4, 0.5) is 0 Å². The zero-order valence-electron chi connectivity index (χ0n) is 16.4. The van der Waals surface area contributed by atoms with Crippen molar-refractivity contribution in [3.8, 4) is 29.0 Å². The molecule has 0 aliphatic rings. The number of H-pyrrole nitrogens is 1. The highest BCUT2D eigenvalue weighted by molar-refractivity contribution is 6.34.